The highest BCUT2D eigenvalue weighted by atomic mass is 79.9. The smallest absolute Gasteiger partial charge is 0.138 e. The first kappa shape index (κ1) is 9.72. The lowest BCUT2D eigenvalue weighted by Crippen LogP contribution is -2.24. The molecule has 1 nitrogen and oxygen atoms in total. The Morgan fingerprint density at radius 3 is 1.82 bits per heavy atom. The van der Waals surface area contributed by atoms with Crippen LogP contribution in [-0.4, -0.2) is 9.02 Å². The van der Waals surface area contributed by atoms with E-state index in [1.807, 2.05) is 0 Å². The molecule has 1 rings (SSSR count). The van der Waals surface area contributed by atoms with E-state index in [0.717, 1.165) is 6.42 Å². The molecular weight excluding hydrogens is 272 g/mol. The van der Waals surface area contributed by atoms with E-state index in [4.69, 9.17) is 0 Å². The fourth-order valence-corrected chi connectivity index (χ4v) is 4.08. The Morgan fingerprint density at radius 2 is 1.82 bits per heavy atom. The molecule has 0 aromatic heterocycles. The molecule has 1 fully saturated rings. The minimum absolute atomic E-state index is 0.118. The van der Waals surface area contributed by atoms with E-state index in [1.54, 1.807) is 6.92 Å². The van der Waals surface area contributed by atoms with Gasteiger partial charge in [-0.1, -0.05) is 45.7 Å². The Morgan fingerprint density at radius 1 is 1.45 bits per heavy atom. The van der Waals surface area contributed by atoms with E-state index in [2.05, 4.69) is 45.7 Å². The van der Waals surface area contributed by atoms with E-state index in [1.165, 1.54) is 0 Å². The third-order valence-electron chi connectivity index (χ3n) is 2.64. The van der Waals surface area contributed by atoms with Crippen molar-refractivity contribution in [2.45, 2.75) is 30.4 Å². The van der Waals surface area contributed by atoms with Crippen molar-refractivity contribution in [1.82, 2.24) is 0 Å². The monoisotopic (exact) mass is 282 g/mol. The zero-order valence-corrected chi connectivity index (χ0v) is 10.1. The van der Waals surface area contributed by atoms with E-state index >= 15 is 0 Å². The minimum atomic E-state index is -0.160. The molecule has 0 heterocycles. The number of halogens is 2. The number of Topliss-reactive ketones (excluding diaryl/α,β-unsaturated/α-hetero) is 1. The molecule has 0 aliphatic heterocycles. The summed E-state index contributed by atoms with van der Waals surface area (Å²) in [6, 6.07) is 0. The van der Waals surface area contributed by atoms with Crippen molar-refractivity contribution < 1.29 is 4.79 Å². The number of alkyl halides is 2. The summed E-state index contributed by atoms with van der Waals surface area (Å²) in [7, 11) is 0. The molecule has 1 saturated carbocycles. The zero-order valence-electron chi connectivity index (χ0n) is 6.95. The van der Waals surface area contributed by atoms with Crippen molar-refractivity contribution in [3.8, 4) is 0 Å². The Kier molecular flexibility index (Phi) is 2.26. The number of carbonyl (C=O) groups excluding carboxylic acids is 1. The summed E-state index contributed by atoms with van der Waals surface area (Å²) >= 11 is 7.01. The van der Waals surface area contributed by atoms with Crippen LogP contribution in [0.1, 0.15) is 27.2 Å². The van der Waals surface area contributed by atoms with Gasteiger partial charge in [-0.15, -0.1) is 0 Å². The molecule has 11 heavy (non-hydrogen) atoms. The second-order valence-electron chi connectivity index (χ2n) is 3.56. The van der Waals surface area contributed by atoms with Crippen LogP contribution in [0.4, 0.5) is 0 Å². The van der Waals surface area contributed by atoms with Crippen LogP contribution in [0, 0.1) is 11.3 Å². The Hall–Kier alpha value is 0.630. The summed E-state index contributed by atoms with van der Waals surface area (Å²) in [5.74, 6) is 0.681. The van der Waals surface area contributed by atoms with Crippen molar-refractivity contribution in [2.24, 2.45) is 11.3 Å². The van der Waals surface area contributed by atoms with Gasteiger partial charge in [0.05, 0.1) is 8.65 Å². The summed E-state index contributed by atoms with van der Waals surface area (Å²) in [5, 5.41) is 0. The first-order valence-corrected chi connectivity index (χ1v) is 5.32. The molecule has 3 heteroatoms. The standard InChI is InChI=1S/C8H12Br2O/c1-5(2)7(6(3)11)4-8(7,9)10/h5H,4H2,1-3H3. The van der Waals surface area contributed by atoms with Crippen molar-refractivity contribution in [1.29, 1.82) is 0 Å². The molecule has 0 bridgehead atoms. The molecule has 64 valence electrons. The first-order chi connectivity index (χ1) is 4.84. The average molecular weight is 284 g/mol. The average Bonchev–Trinajstić information content (AvgIpc) is 2.35. The van der Waals surface area contributed by atoms with Crippen molar-refractivity contribution in [3.05, 3.63) is 0 Å². The second kappa shape index (κ2) is 2.56. The van der Waals surface area contributed by atoms with Gasteiger partial charge < -0.3 is 0 Å². The molecule has 0 spiro atoms. The van der Waals surface area contributed by atoms with Crippen molar-refractivity contribution in [2.75, 3.05) is 0 Å². The lowest BCUT2D eigenvalue weighted by Gasteiger charge is -2.18. The van der Waals surface area contributed by atoms with Gasteiger partial charge in [0.15, 0.2) is 0 Å². The van der Waals surface area contributed by atoms with Gasteiger partial charge in [0.25, 0.3) is 0 Å². The maximum absolute atomic E-state index is 11.3. The van der Waals surface area contributed by atoms with Gasteiger partial charge in [0.2, 0.25) is 0 Å². The summed E-state index contributed by atoms with van der Waals surface area (Å²) in [4.78, 5) is 11.3. The highest BCUT2D eigenvalue weighted by molar-refractivity contribution is 9.25. The summed E-state index contributed by atoms with van der Waals surface area (Å²) in [5.41, 5.74) is -0.160. The number of carbonyl (C=O) groups is 1. The summed E-state index contributed by atoms with van der Waals surface area (Å²) in [6.45, 7) is 5.85. The third-order valence-corrected chi connectivity index (χ3v) is 4.62. The highest BCUT2D eigenvalue weighted by Crippen LogP contribution is 2.70. The summed E-state index contributed by atoms with van der Waals surface area (Å²) in [6.07, 6.45) is 0.910. The number of rotatable bonds is 2. The predicted octanol–water partition coefficient (Wildman–Crippen LogP) is 3.11. The second-order valence-corrected chi connectivity index (χ2v) is 7.34. The van der Waals surface area contributed by atoms with Gasteiger partial charge in [-0.25, -0.2) is 0 Å². The molecule has 0 N–H and O–H groups in total. The quantitative estimate of drug-likeness (QED) is 0.712. The van der Waals surface area contributed by atoms with Crippen LogP contribution in [-0.2, 0) is 4.79 Å². The molecule has 0 radical (unpaired) electrons. The summed E-state index contributed by atoms with van der Waals surface area (Å²) < 4.78 is -0.118. The van der Waals surface area contributed by atoms with Crippen LogP contribution < -0.4 is 0 Å². The number of ketones is 1. The van der Waals surface area contributed by atoms with Crippen molar-refractivity contribution >= 4 is 37.6 Å². The van der Waals surface area contributed by atoms with Gasteiger partial charge in [-0.2, -0.15) is 0 Å². The van der Waals surface area contributed by atoms with Crippen LogP contribution in [0.3, 0.4) is 0 Å². The zero-order chi connectivity index (χ0) is 8.86. The molecule has 0 aromatic rings. The van der Waals surface area contributed by atoms with Gasteiger partial charge in [-0.3, -0.25) is 4.79 Å². The van der Waals surface area contributed by atoms with Crippen LogP contribution in [0.5, 0.6) is 0 Å². The van der Waals surface area contributed by atoms with Gasteiger partial charge in [0.1, 0.15) is 5.78 Å². The van der Waals surface area contributed by atoms with E-state index in [0.29, 0.717) is 5.92 Å². The van der Waals surface area contributed by atoms with Gasteiger partial charge in [-0.05, 0) is 19.3 Å². The SMILES string of the molecule is CC(=O)C1(C(C)C)CC1(Br)Br. The fraction of sp³-hybridized carbons (Fsp3) is 0.875. The maximum atomic E-state index is 11.3. The Balaban J connectivity index is 2.88. The third kappa shape index (κ3) is 1.21. The largest absolute Gasteiger partial charge is 0.299 e. The maximum Gasteiger partial charge on any atom is 0.138 e. The molecule has 1 atom stereocenters. The Bertz CT molecular complexity index is 198. The lowest BCUT2D eigenvalue weighted by atomic mass is 9.89. The van der Waals surface area contributed by atoms with Crippen molar-refractivity contribution in [3.63, 3.8) is 0 Å². The van der Waals surface area contributed by atoms with E-state index in [-0.39, 0.29) is 14.4 Å². The number of hydrogen-bond donors (Lipinski definition) is 0. The Labute approximate surface area is 84.2 Å². The molecule has 1 unspecified atom stereocenters. The molecular formula is C8H12Br2O. The van der Waals surface area contributed by atoms with Crippen LogP contribution in [0.15, 0.2) is 0 Å². The molecule has 1 aliphatic carbocycles. The fourth-order valence-electron chi connectivity index (χ4n) is 1.72. The molecule has 1 aliphatic rings. The van der Waals surface area contributed by atoms with Gasteiger partial charge in [0, 0.05) is 0 Å². The predicted molar refractivity (Wildman–Crippen MR) is 53.2 cm³/mol. The van der Waals surface area contributed by atoms with Crippen LogP contribution in [0.2, 0.25) is 0 Å². The van der Waals surface area contributed by atoms with Crippen LogP contribution >= 0.6 is 31.9 Å². The molecule has 0 amide bonds. The topological polar surface area (TPSA) is 17.1 Å². The van der Waals surface area contributed by atoms with Crippen LogP contribution in [0.25, 0.3) is 0 Å². The number of hydrogen-bond acceptors (Lipinski definition) is 1. The normalized spacial score (nSPS) is 34.0. The highest BCUT2D eigenvalue weighted by Gasteiger charge is 2.69. The van der Waals surface area contributed by atoms with E-state index in [9.17, 15) is 4.79 Å². The lowest BCUT2D eigenvalue weighted by molar-refractivity contribution is -0.123. The van der Waals surface area contributed by atoms with E-state index < -0.39 is 0 Å². The van der Waals surface area contributed by atoms with Gasteiger partial charge >= 0.3 is 0 Å². The minimum Gasteiger partial charge on any atom is -0.299 e. The molecule has 0 saturated heterocycles. The molecule has 0 aromatic carbocycles. The first-order valence-electron chi connectivity index (χ1n) is 3.73.